The van der Waals surface area contributed by atoms with Gasteiger partial charge in [0.05, 0.1) is 37.0 Å². The number of nitrogens with one attached hydrogen (secondary N) is 1. The fourth-order valence-corrected chi connectivity index (χ4v) is 3.69. The van der Waals surface area contributed by atoms with Gasteiger partial charge in [-0.05, 0) is 19.8 Å². The van der Waals surface area contributed by atoms with Crippen LogP contribution in [-0.2, 0) is 9.53 Å². The summed E-state index contributed by atoms with van der Waals surface area (Å²) in [6.07, 6.45) is 4.53. The van der Waals surface area contributed by atoms with Gasteiger partial charge >= 0.3 is 0 Å². The molecule has 7 heteroatoms. The van der Waals surface area contributed by atoms with Gasteiger partial charge in [0.2, 0.25) is 5.91 Å². The van der Waals surface area contributed by atoms with Crippen LogP contribution < -0.4 is 5.56 Å². The first kappa shape index (κ1) is 17.1. The average Bonchev–Trinajstić information content (AvgIpc) is 2.54. The molecule has 0 unspecified atom stereocenters. The van der Waals surface area contributed by atoms with E-state index in [4.69, 9.17) is 4.74 Å². The van der Waals surface area contributed by atoms with Crippen molar-refractivity contribution in [1.82, 2.24) is 14.9 Å². The average molecular weight is 335 g/mol. The maximum Gasteiger partial charge on any atom is 0.251 e. The lowest BCUT2D eigenvalue weighted by molar-refractivity contribution is -0.146. The predicted octanol–water partition coefficient (Wildman–Crippen LogP) is 1.06. The van der Waals surface area contributed by atoms with E-state index in [1.165, 1.54) is 6.07 Å². The van der Waals surface area contributed by atoms with Crippen molar-refractivity contribution in [3.05, 3.63) is 27.9 Å². The predicted molar refractivity (Wildman–Crippen MR) is 87.5 cm³/mol. The first-order valence-electron chi connectivity index (χ1n) is 8.64. The maximum absolute atomic E-state index is 12.8. The molecule has 1 aliphatic carbocycles. The molecule has 1 amide bonds. The topological polar surface area (TPSA) is 95.5 Å². The van der Waals surface area contributed by atoms with Gasteiger partial charge in [0.15, 0.2) is 0 Å². The largest absolute Gasteiger partial charge is 0.389 e. The van der Waals surface area contributed by atoms with Crippen molar-refractivity contribution in [1.29, 1.82) is 0 Å². The molecule has 1 saturated carbocycles. The highest BCUT2D eigenvalue weighted by Crippen LogP contribution is 2.33. The Balaban J connectivity index is 1.78. The van der Waals surface area contributed by atoms with Crippen molar-refractivity contribution >= 4 is 5.91 Å². The number of hydrogen-bond acceptors (Lipinski definition) is 5. The minimum Gasteiger partial charge on any atom is -0.389 e. The Kier molecular flexibility index (Phi) is 5.01. The summed E-state index contributed by atoms with van der Waals surface area (Å²) in [6.45, 7) is 2.95. The Labute approximate surface area is 141 Å². The molecule has 3 rings (SSSR count). The highest BCUT2D eigenvalue weighted by molar-refractivity contribution is 5.78. The number of hydrogen-bond donors (Lipinski definition) is 2. The van der Waals surface area contributed by atoms with E-state index in [1.54, 1.807) is 11.8 Å². The zero-order chi connectivity index (χ0) is 17.2. The standard InChI is InChI=1S/C17H25N3O4/c1-12-18-13(9-15(21)19-12)14-11-24-8-7-20(14)16(22)10-17(23)5-3-2-4-6-17/h9,14,23H,2-8,10-11H2,1H3,(H,18,19,21)/t14-/m0/s1. The van der Waals surface area contributed by atoms with Gasteiger partial charge in [0.25, 0.3) is 5.56 Å². The summed E-state index contributed by atoms with van der Waals surface area (Å²) < 4.78 is 5.50. The van der Waals surface area contributed by atoms with Gasteiger partial charge in [0, 0.05) is 12.6 Å². The lowest BCUT2D eigenvalue weighted by Crippen LogP contribution is -2.47. The Morgan fingerprint density at radius 1 is 1.46 bits per heavy atom. The number of morpholine rings is 1. The SMILES string of the molecule is Cc1nc([C@@H]2COCCN2C(=O)CC2(O)CCCCC2)cc(=O)[nH]1. The number of carbonyl (C=O) groups is 1. The third kappa shape index (κ3) is 3.84. The molecule has 2 N–H and O–H groups in total. The van der Waals surface area contributed by atoms with Gasteiger partial charge in [-0.25, -0.2) is 4.98 Å². The number of aliphatic hydroxyl groups is 1. The summed E-state index contributed by atoms with van der Waals surface area (Å²) in [6, 6.07) is 1.04. The van der Waals surface area contributed by atoms with Crippen LogP contribution in [0.15, 0.2) is 10.9 Å². The lowest BCUT2D eigenvalue weighted by Gasteiger charge is -2.38. The summed E-state index contributed by atoms with van der Waals surface area (Å²) in [5, 5.41) is 10.7. The number of aromatic amines is 1. The molecule has 2 fully saturated rings. The quantitative estimate of drug-likeness (QED) is 0.861. The molecular formula is C17H25N3O4. The molecule has 0 spiro atoms. The number of aryl methyl sites for hydroxylation is 1. The van der Waals surface area contributed by atoms with Crippen molar-refractivity contribution in [2.75, 3.05) is 19.8 Å². The number of nitrogens with zero attached hydrogens (tertiary/aromatic N) is 2. The van der Waals surface area contributed by atoms with E-state index >= 15 is 0 Å². The molecule has 24 heavy (non-hydrogen) atoms. The number of H-pyrrole nitrogens is 1. The van der Waals surface area contributed by atoms with E-state index in [0.29, 0.717) is 44.1 Å². The van der Waals surface area contributed by atoms with Crippen LogP contribution >= 0.6 is 0 Å². The van der Waals surface area contributed by atoms with Crippen LogP contribution in [0.3, 0.4) is 0 Å². The second-order valence-electron chi connectivity index (χ2n) is 6.90. The van der Waals surface area contributed by atoms with Crippen molar-refractivity contribution in [2.24, 2.45) is 0 Å². The summed E-state index contributed by atoms with van der Waals surface area (Å²) in [5.74, 6) is 0.425. The Bertz CT molecular complexity index is 651. The first-order valence-corrected chi connectivity index (χ1v) is 8.64. The Morgan fingerprint density at radius 3 is 2.92 bits per heavy atom. The van der Waals surface area contributed by atoms with Gasteiger partial charge in [-0.2, -0.15) is 0 Å². The van der Waals surface area contributed by atoms with Crippen LogP contribution in [0.2, 0.25) is 0 Å². The van der Waals surface area contributed by atoms with Gasteiger partial charge in [0.1, 0.15) is 5.82 Å². The van der Waals surface area contributed by atoms with E-state index in [2.05, 4.69) is 9.97 Å². The van der Waals surface area contributed by atoms with Crippen molar-refractivity contribution < 1.29 is 14.6 Å². The minimum atomic E-state index is -0.893. The lowest BCUT2D eigenvalue weighted by atomic mass is 9.82. The van der Waals surface area contributed by atoms with E-state index in [9.17, 15) is 14.7 Å². The van der Waals surface area contributed by atoms with Crippen molar-refractivity contribution in [2.45, 2.75) is 57.1 Å². The van der Waals surface area contributed by atoms with E-state index in [1.807, 2.05) is 0 Å². The molecule has 2 heterocycles. The molecule has 0 aromatic carbocycles. The van der Waals surface area contributed by atoms with Crippen LogP contribution in [0.25, 0.3) is 0 Å². The second-order valence-corrected chi connectivity index (χ2v) is 6.90. The first-order chi connectivity index (χ1) is 11.5. The van der Waals surface area contributed by atoms with Gasteiger partial charge in [-0.3, -0.25) is 9.59 Å². The number of rotatable bonds is 3. The van der Waals surface area contributed by atoms with Crippen LogP contribution in [0.5, 0.6) is 0 Å². The Hall–Kier alpha value is -1.73. The molecule has 0 radical (unpaired) electrons. The van der Waals surface area contributed by atoms with Gasteiger partial charge < -0.3 is 19.7 Å². The minimum absolute atomic E-state index is 0.0903. The van der Waals surface area contributed by atoms with E-state index in [-0.39, 0.29) is 23.9 Å². The molecule has 1 aliphatic heterocycles. The van der Waals surface area contributed by atoms with Crippen LogP contribution in [0.1, 0.15) is 56.1 Å². The monoisotopic (exact) mass is 335 g/mol. The zero-order valence-electron chi connectivity index (χ0n) is 14.1. The summed E-state index contributed by atoms with van der Waals surface area (Å²) >= 11 is 0. The zero-order valence-corrected chi connectivity index (χ0v) is 14.1. The molecule has 1 aromatic rings. The fourth-order valence-electron chi connectivity index (χ4n) is 3.69. The number of aromatic nitrogens is 2. The molecule has 2 aliphatic rings. The third-order valence-electron chi connectivity index (χ3n) is 4.93. The summed E-state index contributed by atoms with van der Waals surface area (Å²) in [4.78, 5) is 33.2. The van der Waals surface area contributed by atoms with Crippen molar-refractivity contribution in [3.8, 4) is 0 Å². The van der Waals surface area contributed by atoms with E-state index in [0.717, 1.165) is 19.3 Å². The molecule has 1 aromatic heterocycles. The molecule has 132 valence electrons. The normalized spacial score (nSPS) is 23.9. The number of ether oxygens (including phenoxy) is 1. The van der Waals surface area contributed by atoms with Crippen LogP contribution in [0, 0.1) is 6.92 Å². The van der Waals surface area contributed by atoms with Crippen LogP contribution in [-0.4, -0.2) is 51.2 Å². The van der Waals surface area contributed by atoms with Gasteiger partial charge in [-0.1, -0.05) is 19.3 Å². The molecule has 7 nitrogen and oxygen atoms in total. The van der Waals surface area contributed by atoms with Gasteiger partial charge in [-0.15, -0.1) is 0 Å². The van der Waals surface area contributed by atoms with E-state index < -0.39 is 5.60 Å². The number of carbonyl (C=O) groups excluding carboxylic acids is 1. The summed E-state index contributed by atoms with van der Waals surface area (Å²) in [5.41, 5.74) is -0.586. The molecule has 1 saturated heterocycles. The highest BCUT2D eigenvalue weighted by atomic mass is 16.5. The maximum atomic E-state index is 12.8. The van der Waals surface area contributed by atoms with Crippen LogP contribution in [0.4, 0.5) is 0 Å². The summed E-state index contributed by atoms with van der Waals surface area (Å²) in [7, 11) is 0. The fraction of sp³-hybridized carbons (Fsp3) is 0.706. The molecular weight excluding hydrogens is 310 g/mol. The molecule has 0 bridgehead atoms. The third-order valence-corrected chi connectivity index (χ3v) is 4.93. The molecule has 1 atom stereocenters. The van der Waals surface area contributed by atoms with Crippen molar-refractivity contribution in [3.63, 3.8) is 0 Å². The smallest absolute Gasteiger partial charge is 0.251 e. The highest BCUT2D eigenvalue weighted by Gasteiger charge is 2.37. The second kappa shape index (κ2) is 7.03. The Morgan fingerprint density at radius 2 is 2.21 bits per heavy atom. The number of amides is 1.